The highest BCUT2D eigenvalue weighted by atomic mass is 16.5. The Bertz CT molecular complexity index is 637. The van der Waals surface area contributed by atoms with Crippen molar-refractivity contribution < 1.29 is 19.1 Å². The van der Waals surface area contributed by atoms with Crippen LogP contribution in [0.4, 0.5) is 4.79 Å². The first-order valence-corrected chi connectivity index (χ1v) is 7.09. The zero-order chi connectivity index (χ0) is 15.7. The number of benzene rings is 1. The lowest BCUT2D eigenvalue weighted by molar-refractivity contribution is -0.131. The van der Waals surface area contributed by atoms with Gasteiger partial charge in [-0.25, -0.2) is 4.79 Å². The van der Waals surface area contributed by atoms with Crippen molar-refractivity contribution in [2.75, 3.05) is 20.3 Å². The van der Waals surface area contributed by atoms with Crippen LogP contribution in [0.1, 0.15) is 22.3 Å². The van der Waals surface area contributed by atoms with Gasteiger partial charge in [-0.3, -0.25) is 14.5 Å². The van der Waals surface area contributed by atoms with E-state index >= 15 is 0 Å². The molecule has 0 radical (unpaired) electrons. The average molecular weight is 303 g/mol. The second kappa shape index (κ2) is 5.42. The normalized spacial score (nSPS) is 24.0. The van der Waals surface area contributed by atoms with Crippen LogP contribution < -0.4 is 10.6 Å². The van der Waals surface area contributed by atoms with Crippen LogP contribution in [0.2, 0.25) is 0 Å². The van der Waals surface area contributed by atoms with Crippen molar-refractivity contribution in [2.45, 2.75) is 18.5 Å². The Hall–Kier alpha value is -2.41. The van der Waals surface area contributed by atoms with Gasteiger partial charge < -0.3 is 15.4 Å². The molecule has 7 heteroatoms. The molecule has 2 N–H and O–H groups in total. The van der Waals surface area contributed by atoms with Crippen LogP contribution in [-0.4, -0.2) is 48.5 Å². The topological polar surface area (TPSA) is 87.7 Å². The van der Waals surface area contributed by atoms with Gasteiger partial charge in [0.1, 0.15) is 5.54 Å². The Labute approximate surface area is 127 Å². The zero-order valence-electron chi connectivity index (χ0n) is 12.2. The number of nitrogens with one attached hydrogen (secondary N) is 2. The van der Waals surface area contributed by atoms with E-state index in [1.165, 1.54) is 4.90 Å². The number of hydrogen-bond acceptors (Lipinski definition) is 4. The Morgan fingerprint density at radius 3 is 2.95 bits per heavy atom. The molecule has 22 heavy (non-hydrogen) atoms. The molecular formula is C15H17N3O4. The van der Waals surface area contributed by atoms with E-state index in [0.29, 0.717) is 18.6 Å². The van der Waals surface area contributed by atoms with Crippen molar-refractivity contribution in [3.63, 3.8) is 0 Å². The second-order valence-corrected chi connectivity index (χ2v) is 5.49. The molecule has 1 atom stereocenters. The zero-order valence-corrected chi connectivity index (χ0v) is 12.2. The van der Waals surface area contributed by atoms with Crippen LogP contribution >= 0.6 is 0 Å². The van der Waals surface area contributed by atoms with Gasteiger partial charge >= 0.3 is 6.03 Å². The molecular weight excluding hydrogens is 286 g/mol. The lowest BCUT2D eigenvalue weighted by Crippen LogP contribution is -2.47. The molecule has 1 aromatic carbocycles. The quantitative estimate of drug-likeness (QED) is 0.784. The predicted molar refractivity (Wildman–Crippen MR) is 77.1 cm³/mol. The average Bonchev–Trinajstić information content (AvgIpc) is 3.08. The Morgan fingerprint density at radius 2 is 2.27 bits per heavy atom. The molecule has 2 fully saturated rings. The third-order valence-electron chi connectivity index (χ3n) is 4.02. The molecule has 0 aromatic heterocycles. The van der Waals surface area contributed by atoms with Crippen molar-refractivity contribution in [3.8, 4) is 0 Å². The summed E-state index contributed by atoms with van der Waals surface area (Å²) in [6.45, 7) is 0.815. The first kappa shape index (κ1) is 14.5. The van der Waals surface area contributed by atoms with Crippen LogP contribution in [0, 0.1) is 0 Å². The molecule has 0 saturated carbocycles. The molecule has 1 spiro atoms. The Morgan fingerprint density at radius 1 is 1.45 bits per heavy atom. The summed E-state index contributed by atoms with van der Waals surface area (Å²) in [6.07, 6.45) is 0.492. The van der Waals surface area contributed by atoms with Gasteiger partial charge in [0, 0.05) is 25.6 Å². The minimum absolute atomic E-state index is 0.136. The number of nitrogens with zero attached hydrogens (tertiary/aromatic N) is 1. The van der Waals surface area contributed by atoms with Crippen molar-refractivity contribution in [3.05, 3.63) is 35.4 Å². The van der Waals surface area contributed by atoms with Crippen molar-refractivity contribution in [1.29, 1.82) is 0 Å². The van der Waals surface area contributed by atoms with E-state index in [1.807, 2.05) is 0 Å². The highest BCUT2D eigenvalue weighted by Crippen LogP contribution is 2.28. The molecule has 2 saturated heterocycles. The molecule has 1 aromatic rings. The van der Waals surface area contributed by atoms with Gasteiger partial charge in [-0.05, 0) is 17.7 Å². The predicted octanol–water partition coefficient (Wildman–Crippen LogP) is 0.257. The SMILES string of the molecule is CNC(=O)c1cccc(CN2C(=O)NC3(CCOC3)C2=O)c1. The lowest BCUT2D eigenvalue weighted by Gasteiger charge is -2.18. The number of carbonyl (C=O) groups is 3. The number of ether oxygens (including phenoxy) is 1. The standard InChI is InChI=1S/C15H17N3O4/c1-16-12(19)11-4-2-3-10(7-11)8-18-13(20)15(17-14(18)21)5-6-22-9-15/h2-4,7H,5-6,8-9H2,1H3,(H,16,19)(H,17,21). The van der Waals surface area contributed by atoms with Crippen molar-refractivity contribution >= 4 is 17.8 Å². The summed E-state index contributed by atoms with van der Waals surface area (Å²) in [5.74, 6) is -0.472. The minimum atomic E-state index is -0.907. The molecule has 2 aliphatic rings. The van der Waals surface area contributed by atoms with E-state index in [1.54, 1.807) is 31.3 Å². The monoisotopic (exact) mass is 303 g/mol. The summed E-state index contributed by atoms with van der Waals surface area (Å²) >= 11 is 0. The molecule has 0 aliphatic carbocycles. The maximum absolute atomic E-state index is 12.5. The van der Waals surface area contributed by atoms with E-state index < -0.39 is 11.6 Å². The van der Waals surface area contributed by atoms with Crippen LogP contribution in [-0.2, 0) is 16.1 Å². The Balaban J connectivity index is 1.80. The molecule has 4 amide bonds. The third kappa shape index (κ3) is 2.33. The summed E-state index contributed by atoms with van der Waals surface area (Å²) in [4.78, 5) is 37.4. The van der Waals surface area contributed by atoms with E-state index in [2.05, 4.69) is 10.6 Å². The van der Waals surface area contributed by atoms with E-state index in [-0.39, 0.29) is 25.0 Å². The van der Waals surface area contributed by atoms with Gasteiger partial charge in [0.05, 0.1) is 13.2 Å². The summed E-state index contributed by atoms with van der Waals surface area (Å²) in [5.41, 5.74) is 0.307. The van der Waals surface area contributed by atoms with E-state index in [9.17, 15) is 14.4 Å². The van der Waals surface area contributed by atoms with Gasteiger partial charge in [0.2, 0.25) is 0 Å². The van der Waals surface area contributed by atoms with Gasteiger partial charge in [-0.15, -0.1) is 0 Å². The molecule has 2 aliphatic heterocycles. The molecule has 7 nitrogen and oxygen atoms in total. The van der Waals surface area contributed by atoms with E-state index in [0.717, 1.165) is 5.56 Å². The van der Waals surface area contributed by atoms with Crippen LogP contribution in [0.15, 0.2) is 24.3 Å². The highest BCUT2D eigenvalue weighted by molar-refractivity contribution is 6.07. The maximum atomic E-state index is 12.5. The molecule has 3 rings (SSSR count). The number of carbonyl (C=O) groups excluding carboxylic acids is 3. The smallest absolute Gasteiger partial charge is 0.325 e. The maximum Gasteiger partial charge on any atom is 0.325 e. The largest absolute Gasteiger partial charge is 0.378 e. The van der Waals surface area contributed by atoms with Crippen LogP contribution in [0.25, 0.3) is 0 Å². The third-order valence-corrected chi connectivity index (χ3v) is 4.02. The fourth-order valence-corrected chi connectivity index (χ4v) is 2.79. The number of hydrogen-bond donors (Lipinski definition) is 2. The van der Waals surface area contributed by atoms with E-state index in [4.69, 9.17) is 4.74 Å². The first-order chi connectivity index (χ1) is 10.6. The van der Waals surface area contributed by atoms with Crippen molar-refractivity contribution in [1.82, 2.24) is 15.5 Å². The van der Waals surface area contributed by atoms with Gasteiger partial charge in [0.25, 0.3) is 11.8 Å². The number of imide groups is 1. The van der Waals surface area contributed by atoms with Crippen LogP contribution in [0.3, 0.4) is 0 Å². The first-order valence-electron chi connectivity index (χ1n) is 7.09. The summed E-state index contributed by atoms with van der Waals surface area (Å²) in [5, 5.41) is 5.28. The number of urea groups is 1. The summed E-state index contributed by atoms with van der Waals surface area (Å²) in [6, 6.07) is 6.45. The van der Waals surface area contributed by atoms with Crippen LogP contribution in [0.5, 0.6) is 0 Å². The van der Waals surface area contributed by atoms with Gasteiger partial charge in [-0.1, -0.05) is 12.1 Å². The highest BCUT2D eigenvalue weighted by Gasteiger charge is 2.53. The number of rotatable bonds is 3. The van der Waals surface area contributed by atoms with Gasteiger partial charge in [0.15, 0.2) is 0 Å². The Kier molecular flexibility index (Phi) is 3.58. The number of amides is 4. The lowest BCUT2D eigenvalue weighted by atomic mass is 9.99. The molecule has 2 heterocycles. The minimum Gasteiger partial charge on any atom is -0.378 e. The van der Waals surface area contributed by atoms with Crippen molar-refractivity contribution in [2.24, 2.45) is 0 Å². The molecule has 0 bridgehead atoms. The second-order valence-electron chi connectivity index (χ2n) is 5.49. The fraction of sp³-hybridized carbons (Fsp3) is 0.400. The van der Waals surface area contributed by atoms with Gasteiger partial charge in [-0.2, -0.15) is 0 Å². The molecule has 116 valence electrons. The fourth-order valence-electron chi connectivity index (χ4n) is 2.79. The summed E-state index contributed by atoms with van der Waals surface area (Å²) < 4.78 is 5.25. The summed E-state index contributed by atoms with van der Waals surface area (Å²) in [7, 11) is 1.55. The molecule has 1 unspecified atom stereocenters.